The van der Waals surface area contributed by atoms with Crippen molar-refractivity contribution in [2.24, 2.45) is 4.99 Å². The van der Waals surface area contributed by atoms with Gasteiger partial charge in [0.05, 0.1) is 0 Å². The van der Waals surface area contributed by atoms with Gasteiger partial charge in [-0.2, -0.15) is 0 Å². The zero-order valence-electron chi connectivity index (χ0n) is 12.9. The number of hydrogen-bond acceptors (Lipinski definition) is 4. The molecule has 2 fully saturated rings. The summed E-state index contributed by atoms with van der Waals surface area (Å²) in [4.78, 5) is 30.8. The molecule has 1 N–H and O–H groups in total. The summed E-state index contributed by atoms with van der Waals surface area (Å²) in [6.07, 6.45) is 5.99. The van der Waals surface area contributed by atoms with E-state index >= 15 is 0 Å². The van der Waals surface area contributed by atoms with Crippen LogP contribution in [-0.2, 0) is 9.59 Å². The maximum atomic E-state index is 12.7. The lowest BCUT2D eigenvalue weighted by molar-refractivity contribution is -0.130. The van der Waals surface area contributed by atoms with Gasteiger partial charge in [0.25, 0.3) is 0 Å². The Balaban J connectivity index is 2.08. The second kappa shape index (κ2) is 7.82. The summed E-state index contributed by atoms with van der Waals surface area (Å²) >= 11 is 1.46. The molecule has 1 atom stereocenters. The third-order valence-corrected chi connectivity index (χ3v) is 5.13. The molecule has 2 rings (SSSR count). The SMILES string of the molecule is CCN=C1SC(CC(=O)NCC)C(=O)N1C1CCCCC1. The minimum Gasteiger partial charge on any atom is -0.356 e. The summed E-state index contributed by atoms with van der Waals surface area (Å²) in [6.45, 7) is 5.15. The fourth-order valence-corrected chi connectivity index (χ4v) is 4.23. The molecule has 5 nitrogen and oxygen atoms in total. The topological polar surface area (TPSA) is 61.8 Å². The van der Waals surface area contributed by atoms with Crippen molar-refractivity contribution in [3.63, 3.8) is 0 Å². The van der Waals surface area contributed by atoms with Crippen molar-refractivity contribution >= 4 is 28.7 Å². The second-order valence-corrected chi connectivity index (χ2v) is 6.69. The maximum Gasteiger partial charge on any atom is 0.242 e. The van der Waals surface area contributed by atoms with Gasteiger partial charge in [0, 0.05) is 25.6 Å². The van der Waals surface area contributed by atoms with Gasteiger partial charge >= 0.3 is 0 Å². The number of amidine groups is 1. The number of thioether (sulfide) groups is 1. The van der Waals surface area contributed by atoms with E-state index in [0.717, 1.165) is 18.0 Å². The van der Waals surface area contributed by atoms with Crippen molar-refractivity contribution in [2.75, 3.05) is 13.1 Å². The highest BCUT2D eigenvalue weighted by Crippen LogP contribution is 2.35. The van der Waals surface area contributed by atoms with Crippen LogP contribution in [0.2, 0.25) is 0 Å². The second-order valence-electron chi connectivity index (χ2n) is 5.52. The van der Waals surface area contributed by atoms with E-state index in [-0.39, 0.29) is 29.5 Å². The van der Waals surface area contributed by atoms with Crippen LogP contribution in [-0.4, -0.2) is 46.3 Å². The summed E-state index contributed by atoms with van der Waals surface area (Å²) in [5.74, 6) is 0.0232. The van der Waals surface area contributed by atoms with Crippen LogP contribution in [0.1, 0.15) is 52.4 Å². The first-order valence-electron chi connectivity index (χ1n) is 7.98. The van der Waals surface area contributed by atoms with Crippen LogP contribution in [0.5, 0.6) is 0 Å². The highest BCUT2D eigenvalue weighted by atomic mass is 32.2. The standard InChI is InChI=1S/C15H25N3O2S/c1-3-16-13(19)10-12-14(20)18(15(21-12)17-4-2)11-8-6-5-7-9-11/h11-12H,3-10H2,1-2H3,(H,16,19). The van der Waals surface area contributed by atoms with Gasteiger partial charge in [-0.25, -0.2) is 0 Å². The number of nitrogens with one attached hydrogen (secondary N) is 1. The summed E-state index contributed by atoms with van der Waals surface area (Å²) in [5, 5.41) is 3.29. The Labute approximate surface area is 130 Å². The molecule has 0 aromatic heterocycles. The van der Waals surface area contributed by atoms with Crippen LogP contribution in [0.4, 0.5) is 0 Å². The summed E-state index contributed by atoms with van der Waals surface area (Å²) < 4.78 is 0. The van der Waals surface area contributed by atoms with Gasteiger partial charge < -0.3 is 5.32 Å². The van der Waals surface area contributed by atoms with E-state index in [4.69, 9.17) is 0 Å². The number of carbonyl (C=O) groups is 2. The zero-order chi connectivity index (χ0) is 15.2. The number of nitrogens with zero attached hydrogens (tertiary/aromatic N) is 2. The predicted octanol–water partition coefficient (Wildman–Crippen LogP) is 2.17. The highest BCUT2D eigenvalue weighted by Gasteiger charge is 2.42. The Hall–Kier alpha value is -1.04. The van der Waals surface area contributed by atoms with Crippen LogP contribution in [0.3, 0.4) is 0 Å². The first-order chi connectivity index (χ1) is 10.2. The number of hydrogen-bond donors (Lipinski definition) is 1. The zero-order valence-corrected chi connectivity index (χ0v) is 13.7. The Morgan fingerprint density at radius 3 is 2.67 bits per heavy atom. The lowest BCUT2D eigenvalue weighted by atomic mass is 9.94. The van der Waals surface area contributed by atoms with E-state index < -0.39 is 0 Å². The van der Waals surface area contributed by atoms with Gasteiger partial charge in [0.2, 0.25) is 11.8 Å². The number of aliphatic imine (C=N–C) groups is 1. The van der Waals surface area contributed by atoms with Crippen molar-refractivity contribution in [2.45, 2.75) is 63.7 Å². The molecule has 2 amide bonds. The molecule has 1 aliphatic heterocycles. The van der Waals surface area contributed by atoms with E-state index in [2.05, 4.69) is 10.3 Å². The molecule has 1 aliphatic carbocycles. The van der Waals surface area contributed by atoms with Crippen LogP contribution in [0, 0.1) is 0 Å². The third-order valence-electron chi connectivity index (χ3n) is 3.94. The molecule has 0 aromatic carbocycles. The smallest absolute Gasteiger partial charge is 0.242 e. The van der Waals surface area contributed by atoms with Crippen LogP contribution >= 0.6 is 11.8 Å². The van der Waals surface area contributed by atoms with E-state index in [1.165, 1.54) is 31.0 Å². The summed E-state index contributed by atoms with van der Waals surface area (Å²) in [7, 11) is 0. The molecular formula is C15H25N3O2S. The quantitative estimate of drug-likeness (QED) is 0.846. The van der Waals surface area contributed by atoms with E-state index in [1.54, 1.807) is 0 Å². The largest absolute Gasteiger partial charge is 0.356 e. The lowest BCUT2D eigenvalue weighted by Gasteiger charge is -2.30. The molecule has 21 heavy (non-hydrogen) atoms. The predicted molar refractivity (Wildman–Crippen MR) is 86.4 cm³/mol. The normalized spacial score (nSPS) is 25.6. The Kier molecular flexibility index (Phi) is 6.08. The molecule has 1 heterocycles. The van der Waals surface area contributed by atoms with Gasteiger partial charge in [-0.15, -0.1) is 0 Å². The van der Waals surface area contributed by atoms with Gasteiger partial charge in [0.1, 0.15) is 5.25 Å². The van der Waals surface area contributed by atoms with Crippen molar-refractivity contribution < 1.29 is 9.59 Å². The van der Waals surface area contributed by atoms with Crippen molar-refractivity contribution in [3.05, 3.63) is 0 Å². The third kappa shape index (κ3) is 3.99. The average molecular weight is 311 g/mol. The van der Waals surface area contributed by atoms with Crippen molar-refractivity contribution in [1.29, 1.82) is 0 Å². The average Bonchev–Trinajstić information content (AvgIpc) is 2.77. The van der Waals surface area contributed by atoms with Crippen molar-refractivity contribution in [3.8, 4) is 0 Å². The minimum absolute atomic E-state index is 0.0512. The summed E-state index contributed by atoms with van der Waals surface area (Å²) in [6, 6.07) is 0.281. The molecule has 1 unspecified atom stereocenters. The minimum atomic E-state index is -0.302. The Bertz CT molecular complexity index is 419. The maximum absolute atomic E-state index is 12.7. The highest BCUT2D eigenvalue weighted by molar-refractivity contribution is 8.15. The lowest BCUT2D eigenvalue weighted by Crippen LogP contribution is -2.42. The van der Waals surface area contributed by atoms with Gasteiger partial charge in [0.15, 0.2) is 5.17 Å². The first kappa shape index (κ1) is 16.3. The molecule has 1 saturated heterocycles. The molecule has 0 bridgehead atoms. The fraction of sp³-hybridized carbons (Fsp3) is 0.800. The van der Waals surface area contributed by atoms with Gasteiger partial charge in [-0.3, -0.25) is 19.5 Å². The van der Waals surface area contributed by atoms with E-state index in [9.17, 15) is 9.59 Å². The molecule has 1 saturated carbocycles. The number of carbonyl (C=O) groups excluding carboxylic acids is 2. The molecule has 118 valence electrons. The Morgan fingerprint density at radius 1 is 1.33 bits per heavy atom. The van der Waals surface area contributed by atoms with E-state index in [1.807, 2.05) is 18.7 Å². The number of amides is 2. The first-order valence-corrected chi connectivity index (χ1v) is 8.86. The molecule has 2 aliphatic rings. The monoisotopic (exact) mass is 311 g/mol. The molecule has 0 radical (unpaired) electrons. The molecular weight excluding hydrogens is 286 g/mol. The fourth-order valence-electron chi connectivity index (χ4n) is 2.97. The van der Waals surface area contributed by atoms with Gasteiger partial charge in [-0.1, -0.05) is 31.0 Å². The van der Waals surface area contributed by atoms with Gasteiger partial charge in [-0.05, 0) is 26.7 Å². The molecule has 0 spiro atoms. The summed E-state index contributed by atoms with van der Waals surface area (Å²) in [5.41, 5.74) is 0. The van der Waals surface area contributed by atoms with E-state index in [0.29, 0.717) is 13.1 Å². The molecule has 6 heteroatoms. The number of rotatable bonds is 5. The van der Waals surface area contributed by atoms with Crippen LogP contribution in [0.15, 0.2) is 4.99 Å². The molecule has 0 aromatic rings. The van der Waals surface area contributed by atoms with Crippen LogP contribution in [0.25, 0.3) is 0 Å². The van der Waals surface area contributed by atoms with Crippen molar-refractivity contribution in [1.82, 2.24) is 10.2 Å². The van der Waals surface area contributed by atoms with Crippen LogP contribution < -0.4 is 5.32 Å². The Morgan fingerprint density at radius 2 is 2.05 bits per heavy atom.